The number of nitriles is 1. The van der Waals surface area contributed by atoms with E-state index >= 15 is 0 Å². The summed E-state index contributed by atoms with van der Waals surface area (Å²) in [6, 6.07) is 2.30. The summed E-state index contributed by atoms with van der Waals surface area (Å²) in [6.07, 6.45) is 6.47. The van der Waals surface area contributed by atoms with Gasteiger partial charge in [-0.25, -0.2) is 0 Å². The Bertz CT molecular complexity index is 345. The molecule has 18 heavy (non-hydrogen) atoms. The third kappa shape index (κ3) is 2.67. The van der Waals surface area contributed by atoms with E-state index < -0.39 is 5.41 Å². The first-order valence-corrected chi connectivity index (χ1v) is 6.92. The molecule has 4 heteroatoms. The molecule has 1 saturated carbocycles. The Balaban J connectivity index is 2.07. The summed E-state index contributed by atoms with van der Waals surface area (Å²) in [5.41, 5.74) is -1.09. The lowest BCUT2D eigenvalue weighted by Crippen LogP contribution is -2.52. The normalized spacial score (nSPS) is 31.3. The molecule has 0 aromatic carbocycles. The van der Waals surface area contributed by atoms with Gasteiger partial charge in [0.05, 0.1) is 18.2 Å². The van der Waals surface area contributed by atoms with Gasteiger partial charge in [-0.05, 0) is 26.2 Å². The van der Waals surface area contributed by atoms with Crippen LogP contribution in [0.2, 0.25) is 0 Å². The van der Waals surface area contributed by atoms with Gasteiger partial charge in [-0.1, -0.05) is 25.7 Å². The Kier molecular flexibility index (Phi) is 3.91. The minimum Gasteiger partial charge on any atom is -0.379 e. The van der Waals surface area contributed by atoms with Gasteiger partial charge in [-0.3, -0.25) is 4.79 Å². The van der Waals surface area contributed by atoms with Crippen molar-refractivity contribution in [3.05, 3.63) is 0 Å². The highest BCUT2D eigenvalue weighted by atomic mass is 16.5. The van der Waals surface area contributed by atoms with Crippen molar-refractivity contribution >= 4 is 5.91 Å². The van der Waals surface area contributed by atoms with Crippen LogP contribution in [-0.2, 0) is 9.53 Å². The number of amides is 1. The Morgan fingerprint density at radius 3 is 2.39 bits per heavy atom. The van der Waals surface area contributed by atoms with Crippen molar-refractivity contribution in [1.29, 1.82) is 5.26 Å². The van der Waals surface area contributed by atoms with Crippen LogP contribution in [-0.4, -0.2) is 24.7 Å². The highest BCUT2D eigenvalue weighted by molar-refractivity contribution is 5.86. The number of carbonyl (C=O) groups excluding carboxylic acids is 1. The van der Waals surface area contributed by atoms with Gasteiger partial charge in [-0.15, -0.1) is 0 Å². The number of nitrogens with one attached hydrogen (secondary N) is 1. The molecule has 1 aliphatic carbocycles. The molecule has 1 unspecified atom stereocenters. The quantitative estimate of drug-likeness (QED) is 0.764. The Morgan fingerprint density at radius 1 is 1.22 bits per heavy atom. The van der Waals surface area contributed by atoms with Crippen molar-refractivity contribution in [1.82, 2.24) is 5.32 Å². The zero-order valence-electron chi connectivity index (χ0n) is 11.1. The fourth-order valence-corrected chi connectivity index (χ4v) is 2.88. The van der Waals surface area contributed by atoms with Crippen LogP contribution in [0.15, 0.2) is 0 Å². The fourth-order valence-electron chi connectivity index (χ4n) is 2.88. The maximum Gasteiger partial charge on any atom is 0.240 e. The molecule has 4 nitrogen and oxygen atoms in total. The van der Waals surface area contributed by atoms with Gasteiger partial charge >= 0.3 is 0 Å². The summed E-state index contributed by atoms with van der Waals surface area (Å²) in [5.74, 6) is -0.0834. The van der Waals surface area contributed by atoms with Gasteiger partial charge in [0, 0.05) is 6.61 Å². The predicted molar refractivity (Wildman–Crippen MR) is 67.7 cm³/mol. The zero-order valence-corrected chi connectivity index (χ0v) is 11.1. The molecule has 0 radical (unpaired) electrons. The maximum absolute atomic E-state index is 12.5. The van der Waals surface area contributed by atoms with E-state index in [0.29, 0.717) is 26.1 Å². The minimum atomic E-state index is -0.803. The van der Waals surface area contributed by atoms with E-state index in [0.717, 1.165) is 32.1 Å². The minimum absolute atomic E-state index is 0.0834. The monoisotopic (exact) mass is 250 g/mol. The first-order chi connectivity index (χ1) is 8.60. The van der Waals surface area contributed by atoms with Gasteiger partial charge in [0.25, 0.3) is 0 Å². The molecule has 2 rings (SSSR count). The van der Waals surface area contributed by atoms with Crippen molar-refractivity contribution in [2.24, 2.45) is 5.41 Å². The molecule has 1 saturated heterocycles. The van der Waals surface area contributed by atoms with Crippen LogP contribution in [0.25, 0.3) is 0 Å². The number of carbonyl (C=O) groups is 1. The van der Waals surface area contributed by atoms with Gasteiger partial charge in [0.15, 0.2) is 0 Å². The zero-order chi connectivity index (χ0) is 13.1. The third-order valence-electron chi connectivity index (χ3n) is 4.24. The summed E-state index contributed by atoms with van der Waals surface area (Å²) in [7, 11) is 0. The summed E-state index contributed by atoms with van der Waals surface area (Å²) < 4.78 is 5.34. The van der Waals surface area contributed by atoms with Crippen LogP contribution in [0.1, 0.15) is 51.9 Å². The molecular formula is C14H22N2O2. The molecule has 100 valence electrons. The van der Waals surface area contributed by atoms with E-state index in [-0.39, 0.29) is 11.4 Å². The number of nitrogens with zero attached hydrogens (tertiary/aromatic N) is 1. The van der Waals surface area contributed by atoms with Crippen molar-refractivity contribution in [2.45, 2.75) is 57.4 Å². The van der Waals surface area contributed by atoms with Crippen LogP contribution < -0.4 is 5.32 Å². The second-order valence-electron chi connectivity index (χ2n) is 5.93. The molecule has 2 fully saturated rings. The lowest BCUT2D eigenvalue weighted by atomic mass is 9.80. The number of hydrogen-bond acceptors (Lipinski definition) is 3. The van der Waals surface area contributed by atoms with E-state index in [1.54, 1.807) is 0 Å². The van der Waals surface area contributed by atoms with Crippen LogP contribution >= 0.6 is 0 Å². The summed E-state index contributed by atoms with van der Waals surface area (Å²) >= 11 is 0. The number of hydrogen-bond donors (Lipinski definition) is 1. The molecule has 1 atom stereocenters. The van der Waals surface area contributed by atoms with Crippen molar-refractivity contribution in [3.63, 3.8) is 0 Å². The summed E-state index contributed by atoms with van der Waals surface area (Å²) in [6.45, 7) is 3.25. The van der Waals surface area contributed by atoms with E-state index in [2.05, 4.69) is 11.4 Å². The topological polar surface area (TPSA) is 62.1 Å². The third-order valence-corrected chi connectivity index (χ3v) is 4.24. The standard InChI is InChI=1S/C14H22N2O2/c1-13(8-9-18-11-13)16-12(17)14(10-15)6-4-2-3-5-7-14/h2-9,11H2,1H3,(H,16,17). The molecular weight excluding hydrogens is 228 g/mol. The van der Waals surface area contributed by atoms with Crippen molar-refractivity contribution < 1.29 is 9.53 Å². The molecule has 0 bridgehead atoms. The smallest absolute Gasteiger partial charge is 0.240 e. The highest BCUT2D eigenvalue weighted by Crippen LogP contribution is 2.35. The average molecular weight is 250 g/mol. The van der Waals surface area contributed by atoms with E-state index in [4.69, 9.17) is 4.74 Å². The highest BCUT2D eigenvalue weighted by Gasteiger charge is 2.42. The first-order valence-electron chi connectivity index (χ1n) is 6.92. The lowest BCUT2D eigenvalue weighted by Gasteiger charge is -2.30. The SMILES string of the molecule is CC1(NC(=O)C2(C#N)CCCCCC2)CCOC1. The predicted octanol–water partition coefficient (Wildman–Crippen LogP) is 2.15. The molecule has 1 aliphatic heterocycles. The molecule has 1 heterocycles. The molecule has 0 spiro atoms. The van der Waals surface area contributed by atoms with Crippen LogP contribution in [0.4, 0.5) is 0 Å². The van der Waals surface area contributed by atoms with E-state index in [1.165, 1.54) is 0 Å². The van der Waals surface area contributed by atoms with Gasteiger partial charge < -0.3 is 10.1 Å². The molecule has 0 aromatic rings. The summed E-state index contributed by atoms with van der Waals surface area (Å²) in [4.78, 5) is 12.5. The van der Waals surface area contributed by atoms with Crippen LogP contribution in [0, 0.1) is 16.7 Å². The van der Waals surface area contributed by atoms with Crippen LogP contribution in [0.3, 0.4) is 0 Å². The van der Waals surface area contributed by atoms with Gasteiger partial charge in [0.2, 0.25) is 5.91 Å². The van der Waals surface area contributed by atoms with E-state index in [1.807, 2.05) is 6.92 Å². The largest absolute Gasteiger partial charge is 0.379 e. The first kappa shape index (κ1) is 13.4. The Labute approximate surface area is 109 Å². The Hall–Kier alpha value is -1.08. The molecule has 0 aromatic heterocycles. The van der Waals surface area contributed by atoms with Crippen LogP contribution in [0.5, 0.6) is 0 Å². The fraction of sp³-hybridized carbons (Fsp3) is 0.857. The maximum atomic E-state index is 12.5. The second kappa shape index (κ2) is 5.27. The number of rotatable bonds is 2. The number of ether oxygens (including phenoxy) is 1. The molecule has 2 aliphatic rings. The average Bonchev–Trinajstić information content (AvgIpc) is 2.66. The van der Waals surface area contributed by atoms with Crippen molar-refractivity contribution in [2.75, 3.05) is 13.2 Å². The van der Waals surface area contributed by atoms with Crippen molar-refractivity contribution in [3.8, 4) is 6.07 Å². The second-order valence-corrected chi connectivity index (χ2v) is 5.93. The lowest BCUT2D eigenvalue weighted by molar-refractivity contribution is -0.130. The van der Waals surface area contributed by atoms with Gasteiger partial charge in [0.1, 0.15) is 5.41 Å². The van der Waals surface area contributed by atoms with Gasteiger partial charge in [-0.2, -0.15) is 5.26 Å². The molecule has 1 amide bonds. The van der Waals surface area contributed by atoms with E-state index in [9.17, 15) is 10.1 Å². The Morgan fingerprint density at radius 2 is 1.89 bits per heavy atom. The molecule has 1 N–H and O–H groups in total. The summed E-state index contributed by atoms with van der Waals surface area (Å²) in [5, 5.41) is 12.5.